The van der Waals surface area contributed by atoms with Crippen LogP contribution in [0.1, 0.15) is 0 Å². The molecule has 1 aromatic carbocycles. The third-order valence-electron chi connectivity index (χ3n) is 2.05. The molecule has 0 aliphatic heterocycles. The summed E-state index contributed by atoms with van der Waals surface area (Å²) in [6, 6.07) is 9.90. The highest BCUT2D eigenvalue weighted by molar-refractivity contribution is 5.60. The molecule has 98 valence electrons. The summed E-state index contributed by atoms with van der Waals surface area (Å²) in [7, 11) is 0. The fourth-order valence-corrected chi connectivity index (χ4v) is 1.27. The van der Waals surface area contributed by atoms with Gasteiger partial charge in [0.05, 0.1) is 4.92 Å². The molecule has 7 heteroatoms. The highest BCUT2D eigenvalue weighted by atomic mass is 16.6. The average Bonchev–Trinajstić information content (AvgIpc) is 2.41. The fourth-order valence-electron chi connectivity index (χ4n) is 1.27. The van der Waals surface area contributed by atoms with Crippen molar-refractivity contribution in [2.45, 2.75) is 0 Å². The van der Waals surface area contributed by atoms with Gasteiger partial charge in [0.1, 0.15) is 0 Å². The van der Waals surface area contributed by atoms with Crippen molar-refractivity contribution < 1.29 is 14.8 Å². The molecule has 2 rings (SSSR count). The molecule has 0 spiro atoms. The minimum Gasteiger partial charge on any atom is -0.483 e. The van der Waals surface area contributed by atoms with Gasteiger partial charge in [0.2, 0.25) is 0 Å². The van der Waals surface area contributed by atoms with Crippen LogP contribution in [-0.4, -0.2) is 21.5 Å². The summed E-state index contributed by atoms with van der Waals surface area (Å²) in [5.41, 5.74) is 1.78. The van der Waals surface area contributed by atoms with Crippen LogP contribution in [0.4, 0.5) is 17.1 Å². The smallest absolute Gasteiger partial charge is 0.290 e. The molecule has 0 unspecified atom stereocenters. The number of carbonyl (C=O) groups is 1. The Labute approximate surface area is 108 Å². The van der Waals surface area contributed by atoms with Crippen molar-refractivity contribution in [3.63, 3.8) is 0 Å². The van der Waals surface area contributed by atoms with Crippen LogP contribution in [0, 0.1) is 10.1 Å². The zero-order valence-corrected chi connectivity index (χ0v) is 9.76. The van der Waals surface area contributed by atoms with Crippen molar-refractivity contribution in [2.75, 3.05) is 5.32 Å². The van der Waals surface area contributed by atoms with E-state index in [-0.39, 0.29) is 12.2 Å². The van der Waals surface area contributed by atoms with Crippen molar-refractivity contribution in [2.24, 2.45) is 0 Å². The molecular weight excluding hydrogens is 250 g/mol. The van der Waals surface area contributed by atoms with Gasteiger partial charge in [-0.3, -0.25) is 19.9 Å². The van der Waals surface area contributed by atoms with Crippen LogP contribution in [-0.2, 0) is 4.79 Å². The van der Waals surface area contributed by atoms with Crippen molar-refractivity contribution >= 4 is 23.5 Å². The van der Waals surface area contributed by atoms with E-state index in [4.69, 9.17) is 9.90 Å². The van der Waals surface area contributed by atoms with Gasteiger partial charge in [-0.15, -0.1) is 0 Å². The van der Waals surface area contributed by atoms with Crippen LogP contribution in [0.25, 0.3) is 0 Å². The largest absolute Gasteiger partial charge is 0.483 e. The molecule has 0 saturated heterocycles. The topological polar surface area (TPSA) is 105 Å². The summed E-state index contributed by atoms with van der Waals surface area (Å²) in [5, 5.41) is 20.4. The molecule has 0 amide bonds. The Morgan fingerprint density at radius 2 is 1.58 bits per heavy atom. The Morgan fingerprint density at radius 3 is 2.05 bits per heavy atom. The quantitative estimate of drug-likeness (QED) is 0.499. The summed E-state index contributed by atoms with van der Waals surface area (Å²) in [4.78, 5) is 22.3. The number of hydrogen-bond donors (Lipinski definition) is 2. The van der Waals surface area contributed by atoms with Crippen LogP contribution in [0.2, 0.25) is 0 Å². The molecule has 0 aliphatic rings. The second kappa shape index (κ2) is 7.38. The average molecular weight is 261 g/mol. The minimum atomic E-state index is -0.420. The molecular formula is C12H11N3O4. The van der Waals surface area contributed by atoms with Gasteiger partial charge in [-0.05, 0) is 24.3 Å². The van der Waals surface area contributed by atoms with Crippen LogP contribution < -0.4 is 5.32 Å². The Hall–Kier alpha value is -2.96. The molecule has 0 bridgehead atoms. The van der Waals surface area contributed by atoms with Crippen LogP contribution in [0.5, 0.6) is 0 Å². The monoisotopic (exact) mass is 261 g/mol. The van der Waals surface area contributed by atoms with E-state index in [0.29, 0.717) is 0 Å². The molecule has 1 aromatic heterocycles. The lowest BCUT2D eigenvalue weighted by atomic mass is 10.2. The van der Waals surface area contributed by atoms with Crippen molar-refractivity contribution in [1.82, 2.24) is 4.98 Å². The third-order valence-corrected chi connectivity index (χ3v) is 2.05. The van der Waals surface area contributed by atoms with E-state index in [2.05, 4.69) is 10.3 Å². The Morgan fingerprint density at radius 1 is 1.11 bits per heavy atom. The summed E-state index contributed by atoms with van der Waals surface area (Å²) in [5.74, 6) is 0. The standard InChI is InChI=1S/C11H9N3O2.CH2O2/c15-14(16)11-3-1-9(2-4-11)13-10-5-7-12-8-6-10;2-1-3/h1-8H,(H,12,13);1H,(H,2,3). The molecule has 2 N–H and O–H groups in total. The highest BCUT2D eigenvalue weighted by Gasteiger charge is 2.03. The molecule has 0 saturated carbocycles. The van der Waals surface area contributed by atoms with E-state index < -0.39 is 4.92 Å². The maximum absolute atomic E-state index is 10.4. The number of nitrogens with one attached hydrogen (secondary N) is 1. The van der Waals surface area contributed by atoms with Gasteiger partial charge in [0.25, 0.3) is 12.2 Å². The molecule has 7 nitrogen and oxygen atoms in total. The molecule has 2 aromatic rings. The SMILES string of the molecule is O=CO.O=[N+]([O-])c1ccc(Nc2ccncc2)cc1. The van der Waals surface area contributed by atoms with Crippen molar-refractivity contribution in [3.8, 4) is 0 Å². The lowest BCUT2D eigenvalue weighted by Crippen LogP contribution is -1.91. The van der Waals surface area contributed by atoms with Gasteiger partial charge >= 0.3 is 0 Å². The van der Waals surface area contributed by atoms with Crippen LogP contribution >= 0.6 is 0 Å². The molecule has 0 fully saturated rings. The van der Waals surface area contributed by atoms with Gasteiger partial charge in [0, 0.05) is 35.9 Å². The predicted molar refractivity (Wildman–Crippen MR) is 69.3 cm³/mol. The second-order valence-electron chi connectivity index (χ2n) is 3.27. The zero-order chi connectivity index (χ0) is 14.1. The first-order chi connectivity index (χ1) is 9.17. The normalized spacial score (nSPS) is 8.84. The second-order valence-corrected chi connectivity index (χ2v) is 3.27. The number of carboxylic acid groups (broad SMARTS) is 1. The Balaban J connectivity index is 0.000000550. The number of nitro groups is 1. The molecule has 1 heterocycles. The van der Waals surface area contributed by atoms with E-state index in [1.165, 1.54) is 12.1 Å². The van der Waals surface area contributed by atoms with Gasteiger partial charge in [-0.25, -0.2) is 0 Å². The molecule has 0 aliphatic carbocycles. The number of pyridine rings is 1. The third kappa shape index (κ3) is 4.82. The first-order valence-corrected chi connectivity index (χ1v) is 5.16. The maximum atomic E-state index is 10.4. The van der Waals surface area contributed by atoms with Crippen molar-refractivity contribution in [3.05, 3.63) is 58.9 Å². The number of benzene rings is 1. The summed E-state index contributed by atoms with van der Waals surface area (Å²) < 4.78 is 0. The minimum absolute atomic E-state index is 0.0836. The number of aromatic nitrogens is 1. The van der Waals surface area contributed by atoms with Gasteiger partial charge < -0.3 is 10.4 Å². The van der Waals surface area contributed by atoms with E-state index >= 15 is 0 Å². The van der Waals surface area contributed by atoms with Gasteiger partial charge in [-0.1, -0.05) is 0 Å². The van der Waals surface area contributed by atoms with Crippen molar-refractivity contribution in [1.29, 1.82) is 0 Å². The van der Waals surface area contributed by atoms with E-state index in [1.54, 1.807) is 24.5 Å². The Bertz CT molecular complexity index is 528. The Kier molecular flexibility index (Phi) is 5.48. The molecule has 0 atom stereocenters. The number of rotatable bonds is 3. The summed E-state index contributed by atoms with van der Waals surface area (Å²) >= 11 is 0. The first-order valence-electron chi connectivity index (χ1n) is 5.16. The lowest BCUT2D eigenvalue weighted by Gasteiger charge is -2.04. The summed E-state index contributed by atoms with van der Waals surface area (Å²) in [6.07, 6.45) is 3.35. The maximum Gasteiger partial charge on any atom is 0.290 e. The van der Waals surface area contributed by atoms with Crippen LogP contribution in [0.15, 0.2) is 48.8 Å². The highest BCUT2D eigenvalue weighted by Crippen LogP contribution is 2.19. The predicted octanol–water partition coefficient (Wildman–Crippen LogP) is 2.43. The van der Waals surface area contributed by atoms with Gasteiger partial charge in [-0.2, -0.15) is 0 Å². The van der Waals surface area contributed by atoms with E-state index in [0.717, 1.165) is 11.4 Å². The van der Waals surface area contributed by atoms with E-state index in [1.807, 2.05) is 12.1 Å². The number of nitro benzene ring substituents is 1. The first kappa shape index (κ1) is 14.1. The van der Waals surface area contributed by atoms with Crippen LogP contribution in [0.3, 0.4) is 0 Å². The van der Waals surface area contributed by atoms with E-state index in [9.17, 15) is 10.1 Å². The lowest BCUT2D eigenvalue weighted by molar-refractivity contribution is -0.384. The molecule has 19 heavy (non-hydrogen) atoms. The number of non-ortho nitro benzene ring substituents is 1. The number of nitrogens with zero attached hydrogens (tertiary/aromatic N) is 2. The number of anilines is 2. The van der Waals surface area contributed by atoms with Gasteiger partial charge in [0.15, 0.2) is 0 Å². The number of hydrogen-bond acceptors (Lipinski definition) is 5. The summed E-state index contributed by atoms with van der Waals surface area (Å²) in [6.45, 7) is -0.250. The molecule has 0 radical (unpaired) electrons. The fraction of sp³-hybridized carbons (Fsp3) is 0. The zero-order valence-electron chi connectivity index (χ0n) is 9.76.